The van der Waals surface area contributed by atoms with Crippen molar-refractivity contribution in [1.82, 2.24) is 24.5 Å². The molecule has 0 aliphatic carbocycles. The number of nitrogens with one attached hydrogen (secondary N) is 1. The van der Waals surface area contributed by atoms with Crippen molar-refractivity contribution in [2.45, 2.75) is 24.0 Å². The smallest absolute Gasteiger partial charge is 0.254 e. The highest BCUT2D eigenvalue weighted by Crippen LogP contribution is 2.30. The van der Waals surface area contributed by atoms with Crippen molar-refractivity contribution in [2.24, 2.45) is 0 Å². The van der Waals surface area contributed by atoms with Crippen molar-refractivity contribution in [3.63, 3.8) is 0 Å². The predicted molar refractivity (Wildman–Crippen MR) is 159 cm³/mol. The lowest BCUT2D eigenvalue weighted by atomic mass is 10.0. The first kappa shape index (κ1) is 27.8. The lowest BCUT2D eigenvalue weighted by molar-refractivity contribution is -0.119. The average Bonchev–Trinajstić information content (AvgIpc) is 3.53. The van der Waals surface area contributed by atoms with Crippen LogP contribution in [0.2, 0.25) is 10.2 Å². The van der Waals surface area contributed by atoms with E-state index in [1.165, 1.54) is 27.8 Å². The highest BCUT2D eigenvalue weighted by molar-refractivity contribution is 7.90. The van der Waals surface area contributed by atoms with Gasteiger partial charge in [-0.1, -0.05) is 64.8 Å². The standard InChI is InChI=1S/C29H22Cl2N6O4S/c30-21-7-9-25(37-14-27(31)34-35-37)23(12-21)24-13-28(38)36(17-32-24)26(10-18-4-2-1-3-5-18)29(39)33-22-8-6-19-15-42(40,41)16-20(19)11-22/h1-9,11-14,17,26H,10,15-16H2,(H,33,39). The Hall–Kier alpha value is -4.32. The first-order chi connectivity index (χ1) is 20.1. The van der Waals surface area contributed by atoms with Crippen LogP contribution < -0.4 is 10.9 Å². The summed E-state index contributed by atoms with van der Waals surface area (Å²) in [7, 11) is -3.20. The van der Waals surface area contributed by atoms with E-state index in [0.29, 0.717) is 33.2 Å². The zero-order valence-corrected chi connectivity index (χ0v) is 24.1. The monoisotopic (exact) mass is 620 g/mol. The van der Waals surface area contributed by atoms with Crippen LogP contribution in [0.4, 0.5) is 5.69 Å². The molecule has 3 aromatic carbocycles. The Kier molecular flexibility index (Phi) is 7.40. The normalized spacial score (nSPS) is 14.3. The topological polar surface area (TPSA) is 129 Å². The number of nitrogens with zero attached hydrogens (tertiary/aromatic N) is 5. The fourth-order valence-electron chi connectivity index (χ4n) is 4.95. The van der Waals surface area contributed by atoms with Crippen LogP contribution in [-0.2, 0) is 32.6 Å². The molecular weight excluding hydrogens is 599 g/mol. The van der Waals surface area contributed by atoms with E-state index in [0.717, 1.165) is 11.1 Å². The summed E-state index contributed by atoms with van der Waals surface area (Å²) in [6, 6.07) is 19.8. The Balaban J connectivity index is 1.35. The molecule has 10 nitrogen and oxygen atoms in total. The molecule has 1 amide bonds. The number of anilines is 1. The van der Waals surface area contributed by atoms with Crippen LogP contribution in [0.15, 0.2) is 90.1 Å². The molecule has 42 heavy (non-hydrogen) atoms. The first-order valence-corrected chi connectivity index (χ1v) is 15.4. The van der Waals surface area contributed by atoms with Gasteiger partial charge in [-0.3, -0.25) is 14.2 Å². The highest BCUT2D eigenvalue weighted by Gasteiger charge is 2.27. The van der Waals surface area contributed by atoms with E-state index in [2.05, 4.69) is 20.6 Å². The van der Waals surface area contributed by atoms with Crippen molar-refractivity contribution in [1.29, 1.82) is 0 Å². The Morgan fingerprint density at radius 3 is 2.50 bits per heavy atom. The Morgan fingerprint density at radius 2 is 1.76 bits per heavy atom. The number of hydrogen-bond donors (Lipinski definition) is 1. The predicted octanol–water partition coefficient (Wildman–Crippen LogP) is 4.65. The Labute approximate surface area is 250 Å². The molecule has 1 aliphatic heterocycles. The number of sulfone groups is 1. The van der Waals surface area contributed by atoms with Gasteiger partial charge >= 0.3 is 0 Å². The summed E-state index contributed by atoms with van der Waals surface area (Å²) < 4.78 is 26.8. The molecule has 0 saturated heterocycles. The molecule has 0 fully saturated rings. The van der Waals surface area contributed by atoms with Gasteiger partial charge in [-0.2, -0.15) is 0 Å². The van der Waals surface area contributed by atoms with Crippen LogP contribution in [0.1, 0.15) is 22.7 Å². The number of fused-ring (bicyclic) bond motifs is 1. The molecule has 0 spiro atoms. The molecule has 2 aromatic heterocycles. The lowest BCUT2D eigenvalue weighted by Gasteiger charge is -2.20. The van der Waals surface area contributed by atoms with Gasteiger partial charge in [-0.25, -0.2) is 18.1 Å². The summed E-state index contributed by atoms with van der Waals surface area (Å²) >= 11 is 12.2. The van der Waals surface area contributed by atoms with E-state index in [-0.39, 0.29) is 23.1 Å². The lowest BCUT2D eigenvalue weighted by Crippen LogP contribution is -2.34. The molecule has 3 heterocycles. The molecule has 1 unspecified atom stereocenters. The van der Waals surface area contributed by atoms with Crippen molar-refractivity contribution >= 4 is 44.6 Å². The van der Waals surface area contributed by atoms with E-state index in [4.69, 9.17) is 23.2 Å². The van der Waals surface area contributed by atoms with Gasteiger partial charge in [0.15, 0.2) is 15.0 Å². The fourth-order valence-corrected chi connectivity index (χ4v) is 6.85. The third kappa shape index (κ3) is 5.85. The van der Waals surface area contributed by atoms with Crippen molar-refractivity contribution in [3.05, 3.63) is 123 Å². The Morgan fingerprint density at radius 1 is 0.976 bits per heavy atom. The number of benzene rings is 3. The van der Waals surface area contributed by atoms with E-state index in [1.54, 1.807) is 36.4 Å². The van der Waals surface area contributed by atoms with Crippen LogP contribution in [0, 0.1) is 0 Å². The molecule has 212 valence electrons. The first-order valence-electron chi connectivity index (χ1n) is 12.8. The molecule has 0 saturated carbocycles. The van der Waals surface area contributed by atoms with E-state index in [1.807, 2.05) is 30.3 Å². The fraction of sp³-hybridized carbons (Fsp3) is 0.138. The minimum absolute atomic E-state index is 0.0150. The summed E-state index contributed by atoms with van der Waals surface area (Å²) in [5, 5.41) is 11.3. The Bertz CT molecular complexity index is 1990. The summed E-state index contributed by atoms with van der Waals surface area (Å²) in [4.78, 5) is 31.7. The SMILES string of the molecule is O=C(Nc1ccc2c(c1)CS(=O)(=O)C2)C(Cc1ccccc1)n1cnc(-c2cc(Cl)ccc2-n2cc(Cl)nn2)cc1=O. The second-order valence-electron chi connectivity index (χ2n) is 9.88. The number of hydrogen-bond acceptors (Lipinski definition) is 7. The van der Waals surface area contributed by atoms with Gasteiger partial charge in [-0.15, -0.1) is 5.10 Å². The maximum atomic E-state index is 13.7. The number of aromatic nitrogens is 5. The maximum Gasteiger partial charge on any atom is 0.254 e. The minimum atomic E-state index is -3.20. The van der Waals surface area contributed by atoms with E-state index >= 15 is 0 Å². The van der Waals surface area contributed by atoms with Crippen LogP contribution in [0.25, 0.3) is 16.9 Å². The van der Waals surface area contributed by atoms with E-state index < -0.39 is 27.3 Å². The van der Waals surface area contributed by atoms with Gasteiger partial charge in [0.05, 0.1) is 35.4 Å². The number of amides is 1. The highest BCUT2D eigenvalue weighted by atomic mass is 35.5. The zero-order valence-electron chi connectivity index (χ0n) is 21.8. The summed E-state index contributed by atoms with van der Waals surface area (Å²) in [5.74, 6) is -0.535. The second kappa shape index (κ2) is 11.2. The molecule has 0 bridgehead atoms. The van der Waals surface area contributed by atoms with Crippen LogP contribution in [0.3, 0.4) is 0 Å². The zero-order chi connectivity index (χ0) is 29.4. The van der Waals surface area contributed by atoms with Gasteiger partial charge in [0.2, 0.25) is 5.91 Å². The maximum absolute atomic E-state index is 13.7. The molecule has 6 rings (SSSR count). The largest absolute Gasteiger partial charge is 0.324 e. The van der Waals surface area contributed by atoms with Crippen LogP contribution >= 0.6 is 23.2 Å². The van der Waals surface area contributed by atoms with Crippen molar-refractivity contribution < 1.29 is 13.2 Å². The number of rotatable bonds is 7. The van der Waals surface area contributed by atoms with Crippen LogP contribution in [-0.4, -0.2) is 38.9 Å². The summed E-state index contributed by atoms with van der Waals surface area (Å²) in [6.45, 7) is 0. The van der Waals surface area contributed by atoms with Crippen LogP contribution in [0.5, 0.6) is 0 Å². The van der Waals surface area contributed by atoms with Gasteiger partial charge in [0.25, 0.3) is 5.56 Å². The number of carbonyl (C=O) groups excluding carboxylic acids is 1. The summed E-state index contributed by atoms with van der Waals surface area (Å²) in [6.07, 6.45) is 3.07. The third-order valence-corrected chi connectivity index (χ3v) is 8.83. The van der Waals surface area contributed by atoms with Crippen molar-refractivity contribution in [3.8, 4) is 16.9 Å². The average molecular weight is 622 g/mol. The number of halogens is 2. The molecule has 0 radical (unpaired) electrons. The van der Waals surface area contributed by atoms with Crippen molar-refractivity contribution in [2.75, 3.05) is 5.32 Å². The molecule has 1 aliphatic rings. The van der Waals surface area contributed by atoms with Gasteiger partial charge < -0.3 is 5.32 Å². The third-order valence-electron chi connectivity index (χ3n) is 6.92. The molecule has 1 atom stereocenters. The molecular formula is C29H22Cl2N6O4S. The van der Waals surface area contributed by atoms with Gasteiger partial charge in [0, 0.05) is 28.8 Å². The van der Waals surface area contributed by atoms with Gasteiger partial charge in [-0.05, 0) is 47.0 Å². The minimum Gasteiger partial charge on any atom is -0.324 e. The number of carbonyl (C=O) groups is 1. The van der Waals surface area contributed by atoms with E-state index in [9.17, 15) is 18.0 Å². The molecule has 5 aromatic rings. The van der Waals surface area contributed by atoms with Gasteiger partial charge in [0.1, 0.15) is 6.04 Å². The summed E-state index contributed by atoms with van der Waals surface area (Å²) in [5.41, 5.74) is 3.60. The quantitative estimate of drug-likeness (QED) is 0.280. The second-order valence-corrected chi connectivity index (χ2v) is 12.8. The molecule has 1 N–H and O–H groups in total. The molecule has 13 heteroatoms.